The molecule has 254 valence electrons. The van der Waals surface area contributed by atoms with Crippen LogP contribution in [0.25, 0.3) is 11.3 Å². The number of aromatic amines is 1. The Bertz CT molecular complexity index is 1580. The number of thioether (sulfide) groups is 1. The zero-order valence-electron chi connectivity index (χ0n) is 28.6. The highest BCUT2D eigenvalue weighted by Gasteiger charge is 2.33. The van der Waals surface area contributed by atoms with E-state index in [1.54, 1.807) is 11.8 Å². The number of aromatic nitrogens is 1. The van der Waals surface area contributed by atoms with Crippen molar-refractivity contribution in [1.82, 2.24) is 4.98 Å². The number of hydrogen-bond donors (Lipinski definition) is 2. The van der Waals surface area contributed by atoms with Gasteiger partial charge in [0.05, 0.1) is 22.5 Å². The lowest BCUT2D eigenvalue weighted by Gasteiger charge is -2.05. The molecule has 3 aromatic carbocycles. The fourth-order valence-electron chi connectivity index (χ4n) is 6.43. The van der Waals surface area contributed by atoms with Crippen molar-refractivity contribution >= 4 is 35.1 Å². The minimum Gasteiger partial charge on any atom is -0.494 e. The Labute approximate surface area is 296 Å². The van der Waals surface area contributed by atoms with Gasteiger partial charge in [0.25, 0.3) is 5.91 Å². The average Bonchev–Trinajstić information content (AvgIpc) is 3.64. The number of nitrogens with one attached hydrogen (secondary N) is 1. The fraction of sp³-hybridized carbons (Fsp3) is 0.429. The Morgan fingerprint density at radius 3 is 1.67 bits per heavy atom. The van der Waals surface area contributed by atoms with Crippen LogP contribution in [0.5, 0.6) is 5.88 Å². The summed E-state index contributed by atoms with van der Waals surface area (Å²) in [7, 11) is 0. The number of hydrogen-bond acceptors (Lipinski definition) is 4. The van der Waals surface area contributed by atoms with Crippen LogP contribution < -0.4 is 0 Å². The number of rotatable bonds is 22. The van der Waals surface area contributed by atoms with Gasteiger partial charge in [0.1, 0.15) is 0 Å². The normalized spacial score (nSPS) is 12.4. The van der Waals surface area contributed by atoms with E-state index in [9.17, 15) is 9.90 Å². The van der Waals surface area contributed by atoms with Crippen molar-refractivity contribution in [3.63, 3.8) is 0 Å². The third-order valence-electron chi connectivity index (χ3n) is 9.16. The summed E-state index contributed by atoms with van der Waals surface area (Å²) >= 11 is 3.57. The maximum atomic E-state index is 13.1. The van der Waals surface area contributed by atoms with Crippen molar-refractivity contribution < 1.29 is 9.90 Å². The van der Waals surface area contributed by atoms with E-state index in [1.807, 2.05) is 66.4 Å². The number of carbonyl (C=O) groups excluding carboxylic acids is 1. The predicted octanol–water partition coefficient (Wildman–Crippen LogP) is 12.9. The Morgan fingerprint density at radius 1 is 0.583 bits per heavy atom. The first-order valence-electron chi connectivity index (χ1n) is 18.3. The topological polar surface area (TPSA) is 65.4 Å². The molecule has 2 heterocycles. The number of nitrogens with zero attached hydrogens (tertiary/aromatic N) is 1. The van der Waals surface area contributed by atoms with E-state index in [1.165, 1.54) is 113 Å². The van der Waals surface area contributed by atoms with Crippen LogP contribution in [0.1, 0.15) is 131 Å². The molecule has 0 radical (unpaired) electrons. The van der Waals surface area contributed by atoms with Crippen LogP contribution in [0, 0.1) is 0 Å². The summed E-state index contributed by atoms with van der Waals surface area (Å²) in [6, 6.07) is 26.5. The highest BCUT2D eigenvalue weighted by molar-refractivity contribution is 7.99. The molecule has 4 aromatic rings. The van der Waals surface area contributed by atoms with Crippen LogP contribution in [-0.2, 0) is 0 Å². The van der Waals surface area contributed by atoms with Crippen LogP contribution in [0.15, 0.2) is 98.5 Å². The van der Waals surface area contributed by atoms with Gasteiger partial charge in [-0.25, -0.2) is 4.99 Å². The van der Waals surface area contributed by atoms with Crippen LogP contribution >= 0.6 is 23.5 Å². The van der Waals surface area contributed by atoms with Crippen molar-refractivity contribution in [2.24, 2.45) is 4.99 Å². The predicted molar refractivity (Wildman–Crippen MR) is 205 cm³/mol. The molecule has 0 aliphatic carbocycles. The number of H-pyrrole nitrogens is 1. The maximum absolute atomic E-state index is 13.1. The molecule has 0 spiro atoms. The Morgan fingerprint density at radius 2 is 1.08 bits per heavy atom. The molecule has 0 saturated carbocycles. The first kappa shape index (κ1) is 36.1. The van der Waals surface area contributed by atoms with E-state index in [4.69, 9.17) is 0 Å². The summed E-state index contributed by atoms with van der Waals surface area (Å²) in [5, 5.41) is 10.9. The van der Waals surface area contributed by atoms with Crippen molar-refractivity contribution in [1.29, 1.82) is 0 Å². The first-order valence-corrected chi connectivity index (χ1v) is 20.1. The van der Waals surface area contributed by atoms with E-state index < -0.39 is 0 Å². The number of fused-ring (bicyclic) bond motifs is 1. The van der Waals surface area contributed by atoms with Crippen molar-refractivity contribution in [3.8, 4) is 17.1 Å². The van der Waals surface area contributed by atoms with Crippen molar-refractivity contribution in [2.45, 2.75) is 124 Å². The summed E-state index contributed by atoms with van der Waals surface area (Å²) in [6.45, 7) is 2.29. The van der Waals surface area contributed by atoms with E-state index in [2.05, 4.69) is 41.2 Å². The molecule has 1 amide bonds. The largest absolute Gasteiger partial charge is 0.494 e. The fourth-order valence-corrected chi connectivity index (χ4v) is 8.18. The standard InChI is InChI=1S/C42H52N2O2S2/c1-2-3-4-5-6-7-8-9-10-11-12-13-14-15-16-20-31-47-34-27-23-32(24-28-34)39-37-38(42(46)43-39)40(44-41(37)45)33-25-29-36(30-26-33)48-35-21-18-17-19-22-35/h17-19,21-30,43,46H,2-16,20,31H2,1H3. The molecule has 0 fully saturated rings. The van der Waals surface area contributed by atoms with Gasteiger partial charge in [-0.15, -0.1) is 11.8 Å². The Kier molecular flexibility index (Phi) is 14.8. The molecule has 1 aliphatic heterocycles. The lowest BCUT2D eigenvalue weighted by atomic mass is 10.0. The van der Waals surface area contributed by atoms with Crippen molar-refractivity contribution in [3.05, 3.63) is 95.6 Å². The quantitative estimate of drug-likeness (QED) is 0.0640. The van der Waals surface area contributed by atoms with Gasteiger partial charge in [0, 0.05) is 20.2 Å². The molecule has 2 N–H and O–H groups in total. The van der Waals surface area contributed by atoms with Gasteiger partial charge in [-0.05, 0) is 54.1 Å². The molecule has 5 rings (SSSR count). The number of unbranched alkanes of at least 4 members (excludes halogenated alkanes) is 15. The Balaban J connectivity index is 0.999. The van der Waals surface area contributed by atoms with Gasteiger partial charge >= 0.3 is 0 Å². The number of amides is 1. The summed E-state index contributed by atoms with van der Waals surface area (Å²) in [5.74, 6) is 0.778. The molecule has 0 unspecified atom stereocenters. The minimum absolute atomic E-state index is 0.0192. The van der Waals surface area contributed by atoms with Crippen LogP contribution in [0.3, 0.4) is 0 Å². The zero-order valence-corrected chi connectivity index (χ0v) is 30.3. The average molecular weight is 681 g/mol. The lowest BCUT2D eigenvalue weighted by Crippen LogP contribution is -1.99. The van der Waals surface area contributed by atoms with E-state index in [0.29, 0.717) is 22.5 Å². The van der Waals surface area contributed by atoms with Crippen LogP contribution in [0.2, 0.25) is 0 Å². The second-order valence-electron chi connectivity index (χ2n) is 13.0. The van der Waals surface area contributed by atoms with E-state index in [0.717, 1.165) is 21.8 Å². The summed E-state index contributed by atoms with van der Waals surface area (Å²) in [4.78, 5) is 24.0. The number of carbonyl (C=O) groups is 1. The Hall–Kier alpha value is -3.22. The summed E-state index contributed by atoms with van der Waals surface area (Å²) < 4.78 is 0. The molecule has 1 aromatic heterocycles. The maximum Gasteiger partial charge on any atom is 0.280 e. The molecule has 0 saturated heterocycles. The van der Waals surface area contributed by atoms with Gasteiger partial charge in [0.2, 0.25) is 0 Å². The van der Waals surface area contributed by atoms with Crippen molar-refractivity contribution in [2.75, 3.05) is 5.75 Å². The zero-order chi connectivity index (χ0) is 33.4. The molecule has 0 bridgehead atoms. The summed E-state index contributed by atoms with van der Waals surface area (Å²) in [6.07, 6.45) is 22.2. The number of aromatic hydroxyl groups is 1. The highest BCUT2D eigenvalue weighted by atomic mass is 32.2. The van der Waals surface area contributed by atoms with Gasteiger partial charge in [0.15, 0.2) is 5.88 Å². The lowest BCUT2D eigenvalue weighted by molar-refractivity contribution is 0.101. The third-order valence-corrected chi connectivity index (χ3v) is 11.3. The minimum atomic E-state index is -0.323. The summed E-state index contributed by atoms with van der Waals surface area (Å²) in [5.41, 5.74) is 3.74. The SMILES string of the molecule is CCCCCCCCCCCCCCCCCCSc1ccc(-c2[nH]c(O)c3c2C(=O)N=C3c2ccc(Sc3ccccc3)cc2)cc1. The van der Waals surface area contributed by atoms with E-state index in [-0.39, 0.29) is 11.8 Å². The molecule has 48 heavy (non-hydrogen) atoms. The molecule has 4 nitrogen and oxygen atoms in total. The number of aliphatic imine (C=N–C) groups is 1. The molecule has 6 heteroatoms. The van der Waals surface area contributed by atoms with Gasteiger partial charge in [-0.3, -0.25) is 4.79 Å². The smallest absolute Gasteiger partial charge is 0.280 e. The van der Waals surface area contributed by atoms with E-state index >= 15 is 0 Å². The monoisotopic (exact) mass is 680 g/mol. The molecule has 0 atom stereocenters. The second kappa shape index (κ2) is 19.7. The second-order valence-corrected chi connectivity index (χ2v) is 15.3. The molecule has 1 aliphatic rings. The first-order chi connectivity index (χ1) is 23.6. The van der Waals surface area contributed by atoms with Gasteiger partial charge in [-0.2, -0.15) is 0 Å². The van der Waals surface area contributed by atoms with Gasteiger partial charge in [-0.1, -0.05) is 157 Å². The van der Waals surface area contributed by atoms with Gasteiger partial charge < -0.3 is 10.1 Å². The van der Waals surface area contributed by atoms with Crippen LogP contribution in [-0.4, -0.2) is 27.5 Å². The van der Waals surface area contributed by atoms with Crippen LogP contribution in [0.4, 0.5) is 0 Å². The third kappa shape index (κ3) is 10.6. The number of benzene rings is 3. The molecular formula is C42H52N2O2S2. The molecular weight excluding hydrogens is 629 g/mol. The highest BCUT2D eigenvalue weighted by Crippen LogP contribution is 2.39.